The van der Waals surface area contributed by atoms with Gasteiger partial charge in [-0.2, -0.15) is 4.57 Å². The first-order valence-electron chi connectivity index (χ1n) is 15.7. The van der Waals surface area contributed by atoms with E-state index in [2.05, 4.69) is 49.6 Å². The van der Waals surface area contributed by atoms with Crippen LogP contribution in [0.15, 0.2) is 78.2 Å². The van der Waals surface area contributed by atoms with Crippen molar-refractivity contribution in [3.63, 3.8) is 0 Å². The number of ether oxygens (including phenoxy) is 1. The molecule has 0 radical (unpaired) electrons. The Balaban J connectivity index is 0.00000520. The van der Waals surface area contributed by atoms with E-state index in [1.165, 1.54) is 5.56 Å². The van der Waals surface area contributed by atoms with Crippen molar-refractivity contribution in [2.45, 2.75) is 59.4 Å². The van der Waals surface area contributed by atoms with E-state index in [1.807, 2.05) is 53.4 Å². The van der Waals surface area contributed by atoms with Crippen LogP contribution < -0.4 is 65.6 Å². The molecule has 9 nitrogen and oxygen atoms in total. The van der Waals surface area contributed by atoms with Gasteiger partial charge in [-0.25, -0.2) is 16.8 Å². The zero-order chi connectivity index (χ0) is 33.8. The number of hydrogen-bond donors (Lipinski definition) is 0. The molecule has 0 spiro atoms. The largest absolute Gasteiger partial charge is 1.00 e. The number of aromatic nitrogens is 1. The number of rotatable bonds is 14. The van der Waals surface area contributed by atoms with Gasteiger partial charge in [0, 0.05) is 42.7 Å². The van der Waals surface area contributed by atoms with Crippen molar-refractivity contribution in [2.24, 2.45) is 0 Å². The SMILES string of the molecule is CCC(=Cc1sc2cc(C)c(C)cc2[n+]1CCCCS(=O)(=O)[O-])C=C1Oc2ccc(-c3ccccc3)cc2N1CCCCS(=O)(=O)[O-].[K+]. The van der Waals surface area contributed by atoms with Crippen LogP contribution in [-0.4, -0.2) is 44.0 Å². The Bertz CT molecular complexity index is 2040. The van der Waals surface area contributed by atoms with Crippen LogP contribution in [0.2, 0.25) is 0 Å². The van der Waals surface area contributed by atoms with Crippen molar-refractivity contribution in [1.82, 2.24) is 0 Å². The Labute approximate surface area is 330 Å². The zero-order valence-corrected chi connectivity index (χ0v) is 33.3. The summed E-state index contributed by atoms with van der Waals surface area (Å²) in [6, 6.07) is 20.4. The molecule has 3 aromatic carbocycles. The van der Waals surface area contributed by atoms with Crippen LogP contribution in [0, 0.1) is 13.8 Å². The van der Waals surface area contributed by atoms with Crippen LogP contribution in [0.1, 0.15) is 55.2 Å². The molecule has 0 aliphatic carbocycles. The van der Waals surface area contributed by atoms with E-state index in [0.717, 1.165) is 43.2 Å². The molecular weight excluding hydrogens is 696 g/mol. The summed E-state index contributed by atoms with van der Waals surface area (Å²) < 4.78 is 77.0. The number of nitrogens with zero attached hydrogens (tertiary/aromatic N) is 2. The molecule has 4 aromatic rings. The maximum absolute atomic E-state index is 11.3. The number of aryl methyl sites for hydroxylation is 3. The molecule has 48 heavy (non-hydrogen) atoms. The van der Waals surface area contributed by atoms with Crippen molar-refractivity contribution in [3.05, 3.63) is 94.3 Å². The average molecular weight is 735 g/mol. The maximum Gasteiger partial charge on any atom is 1.00 e. The molecule has 2 heterocycles. The summed E-state index contributed by atoms with van der Waals surface area (Å²) in [5.41, 5.74) is 7.36. The van der Waals surface area contributed by atoms with E-state index in [0.29, 0.717) is 44.0 Å². The fourth-order valence-electron chi connectivity index (χ4n) is 5.60. The molecule has 0 saturated carbocycles. The van der Waals surface area contributed by atoms with Crippen LogP contribution in [0.4, 0.5) is 5.69 Å². The molecule has 0 N–H and O–H groups in total. The van der Waals surface area contributed by atoms with E-state index < -0.39 is 26.0 Å². The van der Waals surface area contributed by atoms with E-state index in [9.17, 15) is 25.9 Å². The number of benzene rings is 3. The topological polar surface area (TPSA) is 131 Å². The normalized spacial score (nSPS) is 14.3. The summed E-state index contributed by atoms with van der Waals surface area (Å²) in [7, 11) is -8.57. The smallest absolute Gasteiger partial charge is 0.748 e. The van der Waals surface area contributed by atoms with E-state index >= 15 is 0 Å². The minimum Gasteiger partial charge on any atom is -0.748 e. The van der Waals surface area contributed by atoms with Gasteiger partial charge in [0.1, 0.15) is 4.70 Å². The third-order valence-electron chi connectivity index (χ3n) is 8.26. The quantitative estimate of drug-likeness (QED) is 0.0831. The van der Waals surface area contributed by atoms with Crippen molar-refractivity contribution in [1.29, 1.82) is 0 Å². The van der Waals surface area contributed by atoms with Crippen LogP contribution >= 0.6 is 11.3 Å². The van der Waals surface area contributed by atoms with Crippen LogP contribution in [0.25, 0.3) is 27.4 Å². The molecule has 0 fully saturated rings. The van der Waals surface area contributed by atoms with Gasteiger partial charge in [-0.05, 0) is 85.6 Å². The minimum absolute atomic E-state index is 0. The second-order valence-corrected chi connectivity index (χ2v) is 15.9. The summed E-state index contributed by atoms with van der Waals surface area (Å²) in [5, 5.41) is 0.998. The average Bonchev–Trinajstić information content (AvgIpc) is 3.52. The third-order valence-corrected chi connectivity index (χ3v) is 10.9. The van der Waals surface area contributed by atoms with Crippen molar-refractivity contribution in [2.75, 3.05) is 23.0 Å². The van der Waals surface area contributed by atoms with Gasteiger partial charge >= 0.3 is 51.4 Å². The summed E-state index contributed by atoms with van der Waals surface area (Å²) in [6.07, 6.45) is 6.38. The molecule has 1 aliphatic rings. The Morgan fingerprint density at radius 2 is 1.54 bits per heavy atom. The number of fused-ring (bicyclic) bond motifs is 2. The first-order valence-corrected chi connectivity index (χ1v) is 19.7. The molecule has 1 aromatic heterocycles. The summed E-state index contributed by atoms with van der Waals surface area (Å²) in [6.45, 7) is 7.24. The Morgan fingerprint density at radius 3 is 2.21 bits per heavy atom. The van der Waals surface area contributed by atoms with Gasteiger partial charge in [0.05, 0.1) is 25.9 Å². The van der Waals surface area contributed by atoms with Gasteiger partial charge in [0.15, 0.2) is 12.3 Å². The predicted octanol–water partition coefficient (Wildman–Crippen LogP) is 3.66. The monoisotopic (exact) mass is 734 g/mol. The predicted molar refractivity (Wildman–Crippen MR) is 185 cm³/mol. The van der Waals surface area contributed by atoms with E-state index in [-0.39, 0.29) is 70.0 Å². The second kappa shape index (κ2) is 16.9. The number of allylic oxidation sites excluding steroid dienone is 2. The van der Waals surface area contributed by atoms with Crippen molar-refractivity contribution >= 4 is 53.6 Å². The minimum atomic E-state index is -4.30. The molecule has 0 bridgehead atoms. The molecule has 13 heteroatoms. The molecule has 0 saturated heterocycles. The summed E-state index contributed by atoms with van der Waals surface area (Å²) in [5.74, 6) is 0.511. The Morgan fingerprint density at radius 1 is 0.875 bits per heavy atom. The molecular formula is C35H39KN2O7S3. The van der Waals surface area contributed by atoms with E-state index in [1.54, 1.807) is 11.3 Å². The first kappa shape index (κ1) is 38.9. The Hall–Kier alpha value is -1.91. The number of unbranched alkanes of at least 4 members (excludes halogenated alkanes) is 2. The molecule has 0 unspecified atom stereocenters. The summed E-state index contributed by atoms with van der Waals surface area (Å²) in [4.78, 5) is 2.04. The van der Waals surface area contributed by atoms with Crippen molar-refractivity contribution < 1.29 is 86.6 Å². The first-order chi connectivity index (χ1) is 22.3. The summed E-state index contributed by atoms with van der Waals surface area (Å²) >= 11 is 1.66. The van der Waals surface area contributed by atoms with Gasteiger partial charge in [0.25, 0.3) is 5.01 Å². The van der Waals surface area contributed by atoms with Gasteiger partial charge in [-0.1, -0.05) is 54.7 Å². The number of anilines is 1. The second-order valence-electron chi connectivity index (χ2n) is 11.8. The van der Waals surface area contributed by atoms with Gasteiger partial charge in [0.2, 0.25) is 11.4 Å². The fourth-order valence-corrected chi connectivity index (χ4v) is 7.96. The van der Waals surface area contributed by atoms with Gasteiger partial charge in [-0.15, -0.1) is 0 Å². The molecule has 5 rings (SSSR count). The maximum atomic E-state index is 11.3. The Kier molecular flexibility index (Phi) is 13.7. The van der Waals surface area contributed by atoms with Crippen LogP contribution in [0.5, 0.6) is 5.75 Å². The van der Waals surface area contributed by atoms with Gasteiger partial charge in [-0.3, -0.25) is 0 Å². The fraction of sp³-hybridized carbons (Fsp3) is 0.343. The van der Waals surface area contributed by atoms with Gasteiger partial charge < -0.3 is 18.7 Å². The van der Waals surface area contributed by atoms with Crippen molar-refractivity contribution in [3.8, 4) is 16.9 Å². The van der Waals surface area contributed by atoms with E-state index in [4.69, 9.17) is 4.74 Å². The number of hydrogen-bond acceptors (Lipinski definition) is 9. The standard InChI is InChI=1S/C35H40N2O7S3.K/c1-4-27(23-35-37(17-9-11-19-47(41,42)43)31-20-25(2)26(3)21-33(31)45-35)22-34-36(16-8-10-18-46(38,39)40)30-24-29(14-15-32(30)44-34)28-12-6-5-7-13-28;/h5-7,12-15,20-24H,4,8-11,16-19H2,1-3H3,(H-,38,39,40,41,42,43);/q;+1/p-1. The molecule has 250 valence electrons. The third kappa shape index (κ3) is 10.3. The molecule has 0 amide bonds. The number of thiazole rings is 1. The molecule has 1 aliphatic heterocycles. The zero-order valence-electron chi connectivity index (χ0n) is 27.8. The molecule has 0 atom stereocenters. The van der Waals surface area contributed by atoms with Crippen LogP contribution in [0.3, 0.4) is 0 Å². The van der Waals surface area contributed by atoms with Crippen LogP contribution in [-0.2, 0) is 26.8 Å².